The second-order valence-corrected chi connectivity index (χ2v) is 5.65. The standard InChI is InChI=1S/C14H17ClN2O2S/c1-9(7-18-2)16-14-17-12(8-20-14)10-4-5-13(19-3)11(15)6-10/h4-6,8-9H,7H2,1-3H3,(H,16,17)/t9-/m1/s1. The largest absolute Gasteiger partial charge is 0.495 e. The van der Waals surface area contributed by atoms with E-state index in [1.165, 1.54) is 0 Å². The first kappa shape index (κ1) is 15.1. The lowest BCUT2D eigenvalue weighted by molar-refractivity contribution is 0.190. The average Bonchev–Trinajstić information content (AvgIpc) is 2.87. The van der Waals surface area contributed by atoms with Gasteiger partial charge < -0.3 is 14.8 Å². The van der Waals surface area contributed by atoms with Gasteiger partial charge in [0, 0.05) is 24.1 Å². The number of hydrogen-bond acceptors (Lipinski definition) is 5. The lowest BCUT2D eigenvalue weighted by Crippen LogP contribution is -2.20. The first-order chi connectivity index (χ1) is 9.63. The monoisotopic (exact) mass is 312 g/mol. The van der Waals surface area contributed by atoms with Crippen molar-refractivity contribution in [2.24, 2.45) is 0 Å². The van der Waals surface area contributed by atoms with Gasteiger partial charge in [-0.15, -0.1) is 11.3 Å². The van der Waals surface area contributed by atoms with Crippen molar-refractivity contribution < 1.29 is 9.47 Å². The molecule has 0 spiro atoms. The minimum atomic E-state index is 0.221. The number of thiazole rings is 1. The Labute approximate surface area is 127 Å². The molecule has 0 saturated carbocycles. The predicted molar refractivity (Wildman–Crippen MR) is 84.1 cm³/mol. The summed E-state index contributed by atoms with van der Waals surface area (Å²) in [6.07, 6.45) is 0. The van der Waals surface area contributed by atoms with Crippen molar-refractivity contribution in [2.45, 2.75) is 13.0 Å². The molecular formula is C14H17ClN2O2S. The molecule has 0 amide bonds. The molecule has 0 aliphatic heterocycles. The molecule has 1 aromatic heterocycles. The highest BCUT2D eigenvalue weighted by atomic mass is 35.5. The summed E-state index contributed by atoms with van der Waals surface area (Å²) in [7, 11) is 3.29. The van der Waals surface area contributed by atoms with Crippen molar-refractivity contribution in [3.05, 3.63) is 28.6 Å². The van der Waals surface area contributed by atoms with Crippen LogP contribution in [0.2, 0.25) is 5.02 Å². The Bertz CT molecular complexity index is 574. The molecule has 0 bridgehead atoms. The van der Waals surface area contributed by atoms with Crippen molar-refractivity contribution in [1.29, 1.82) is 0 Å². The highest BCUT2D eigenvalue weighted by Crippen LogP contribution is 2.31. The SMILES string of the molecule is COC[C@@H](C)Nc1nc(-c2ccc(OC)c(Cl)c2)cs1. The molecule has 20 heavy (non-hydrogen) atoms. The molecule has 1 N–H and O–H groups in total. The number of ether oxygens (including phenoxy) is 2. The van der Waals surface area contributed by atoms with Crippen LogP contribution in [-0.2, 0) is 4.74 Å². The molecule has 6 heteroatoms. The van der Waals surface area contributed by atoms with E-state index in [1.807, 2.05) is 23.6 Å². The number of methoxy groups -OCH3 is 2. The van der Waals surface area contributed by atoms with Crippen molar-refractivity contribution in [3.63, 3.8) is 0 Å². The molecule has 2 aromatic rings. The molecule has 1 heterocycles. The second-order valence-electron chi connectivity index (χ2n) is 4.39. The van der Waals surface area contributed by atoms with Gasteiger partial charge in [-0.2, -0.15) is 0 Å². The lowest BCUT2D eigenvalue weighted by Gasteiger charge is -2.10. The summed E-state index contributed by atoms with van der Waals surface area (Å²) in [4.78, 5) is 4.55. The number of nitrogens with zero attached hydrogens (tertiary/aromatic N) is 1. The number of rotatable bonds is 6. The van der Waals surface area contributed by atoms with Gasteiger partial charge in [-0.1, -0.05) is 11.6 Å². The van der Waals surface area contributed by atoms with Gasteiger partial charge in [-0.05, 0) is 25.1 Å². The van der Waals surface area contributed by atoms with E-state index in [-0.39, 0.29) is 6.04 Å². The van der Waals surface area contributed by atoms with Crippen LogP contribution in [0.5, 0.6) is 5.75 Å². The Balaban J connectivity index is 2.14. The Morgan fingerprint density at radius 1 is 1.40 bits per heavy atom. The molecule has 0 unspecified atom stereocenters. The second kappa shape index (κ2) is 6.92. The van der Waals surface area contributed by atoms with Gasteiger partial charge in [0.1, 0.15) is 5.75 Å². The van der Waals surface area contributed by atoms with Gasteiger partial charge in [0.2, 0.25) is 0 Å². The van der Waals surface area contributed by atoms with E-state index in [9.17, 15) is 0 Å². The van der Waals surface area contributed by atoms with Crippen molar-refractivity contribution in [2.75, 3.05) is 26.1 Å². The minimum Gasteiger partial charge on any atom is -0.495 e. The molecule has 108 valence electrons. The zero-order valence-electron chi connectivity index (χ0n) is 11.6. The molecule has 0 aliphatic carbocycles. The van der Waals surface area contributed by atoms with Crippen LogP contribution < -0.4 is 10.1 Å². The predicted octanol–water partition coefficient (Wildman–Crippen LogP) is 3.92. The minimum absolute atomic E-state index is 0.221. The molecule has 4 nitrogen and oxygen atoms in total. The number of benzene rings is 1. The van der Waals surface area contributed by atoms with Gasteiger partial charge in [-0.25, -0.2) is 4.98 Å². The smallest absolute Gasteiger partial charge is 0.183 e. The molecule has 2 rings (SSSR count). The van der Waals surface area contributed by atoms with Crippen LogP contribution in [0.1, 0.15) is 6.92 Å². The summed E-state index contributed by atoms with van der Waals surface area (Å²) in [5, 5.41) is 6.75. The lowest BCUT2D eigenvalue weighted by atomic mass is 10.2. The fourth-order valence-electron chi connectivity index (χ4n) is 1.80. The Morgan fingerprint density at radius 2 is 2.20 bits per heavy atom. The Hall–Kier alpha value is -1.30. The summed E-state index contributed by atoms with van der Waals surface area (Å²) in [5.74, 6) is 0.665. The quantitative estimate of drug-likeness (QED) is 0.878. The number of nitrogens with one attached hydrogen (secondary N) is 1. The number of halogens is 1. The molecule has 0 radical (unpaired) electrons. The van der Waals surface area contributed by atoms with Gasteiger partial charge in [0.05, 0.1) is 24.4 Å². The van der Waals surface area contributed by atoms with Crippen LogP contribution in [0, 0.1) is 0 Å². The fraction of sp³-hybridized carbons (Fsp3) is 0.357. The van der Waals surface area contributed by atoms with E-state index in [1.54, 1.807) is 25.6 Å². The summed E-state index contributed by atoms with van der Waals surface area (Å²) in [6, 6.07) is 5.87. The van der Waals surface area contributed by atoms with Gasteiger partial charge in [0.15, 0.2) is 5.13 Å². The number of anilines is 1. The Morgan fingerprint density at radius 3 is 2.85 bits per heavy atom. The normalized spacial score (nSPS) is 12.2. The number of hydrogen-bond donors (Lipinski definition) is 1. The first-order valence-corrected chi connectivity index (χ1v) is 7.44. The maximum Gasteiger partial charge on any atom is 0.183 e. The van der Waals surface area contributed by atoms with Crippen molar-refractivity contribution >= 4 is 28.1 Å². The van der Waals surface area contributed by atoms with Crippen LogP contribution in [0.15, 0.2) is 23.6 Å². The molecule has 0 fully saturated rings. The van der Waals surface area contributed by atoms with Crippen LogP contribution in [-0.4, -0.2) is 31.9 Å². The summed E-state index contributed by atoms with van der Waals surface area (Å²) < 4.78 is 10.2. The van der Waals surface area contributed by atoms with Crippen molar-refractivity contribution in [1.82, 2.24) is 4.98 Å². The van der Waals surface area contributed by atoms with Crippen LogP contribution in [0.4, 0.5) is 5.13 Å². The molecule has 1 aromatic carbocycles. The van der Waals surface area contributed by atoms with Crippen LogP contribution in [0.25, 0.3) is 11.3 Å². The third kappa shape index (κ3) is 3.62. The molecule has 1 atom stereocenters. The maximum atomic E-state index is 6.13. The van der Waals surface area contributed by atoms with E-state index in [2.05, 4.69) is 17.2 Å². The van der Waals surface area contributed by atoms with Crippen LogP contribution in [0.3, 0.4) is 0 Å². The zero-order valence-corrected chi connectivity index (χ0v) is 13.2. The maximum absolute atomic E-state index is 6.13. The number of aromatic nitrogens is 1. The topological polar surface area (TPSA) is 43.4 Å². The van der Waals surface area contributed by atoms with Crippen LogP contribution >= 0.6 is 22.9 Å². The van der Waals surface area contributed by atoms with Gasteiger partial charge in [-0.3, -0.25) is 0 Å². The first-order valence-electron chi connectivity index (χ1n) is 6.19. The summed E-state index contributed by atoms with van der Waals surface area (Å²) in [6.45, 7) is 2.69. The Kier molecular flexibility index (Phi) is 5.23. The van der Waals surface area contributed by atoms with Gasteiger partial charge >= 0.3 is 0 Å². The van der Waals surface area contributed by atoms with Crippen molar-refractivity contribution in [3.8, 4) is 17.0 Å². The van der Waals surface area contributed by atoms with Gasteiger partial charge in [0.25, 0.3) is 0 Å². The van der Waals surface area contributed by atoms with E-state index >= 15 is 0 Å². The molecule has 0 saturated heterocycles. The zero-order chi connectivity index (χ0) is 14.5. The average molecular weight is 313 g/mol. The van der Waals surface area contributed by atoms with E-state index in [4.69, 9.17) is 21.1 Å². The van der Waals surface area contributed by atoms with E-state index in [0.717, 1.165) is 16.4 Å². The molecule has 0 aliphatic rings. The summed E-state index contributed by atoms with van der Waals surface area (Å²) in [5.41, 5.74) is 1.87. The van der Waals surface area contributed by atoms with E-state index in [0.29, 0.717) is 17.4 Å². The third-order valence-corrected chi connectivity index (χ3v) is 3.81. The van der Waals surface area contributed by atoms with E-state index < -0.39 is 0 Å². The highest BCUT2D eigenvalue weighted by Gasteiger charge is 2.09. The highest BCUT2D eigenvalue weighted by molar-refractivity contribution is 7.14. The summed E-state index contributed by atoms with van der Waals surface area (Å²) >= 11 is 7.69. The molecular weight excluding hydrogens is 296 g/mol. The third-order valence-electron chi connectivity index (χ3n) is 2.74. The fourth-order valence-corrected chi connectivity index (χ4v) is 2.89.